The number of halogens is 1. The van der Waals surface area contributed by atoms with Crippen LogP contribution < -0.4 is 4.90 Å². The Morgan fingerprint density at radius 3 is 3.00 bits per heavy atom. The minimum atomic E-state index is 0.404. The first-order chi connectivity index (χ1) is 7.61. The lowest BCUT2D eigenvalue weighted by Gasteiger charge is -2.22. The zero-order chi connectivity index (χ0) is 11.6. The van der Waals surface area contributed by atoms with E-state index in [1.54, 1.807) is 11.3 Å². The highest BCUT2D eigenvalue weighted by atomic mass is 35.5. The van der Waals surface area contributed by atoms with Gasteiger partial charge in [0, 0.05) is 29.0 Å². The number of alkyl halides is 1. The molecule has 0 amide bonds. The molecule has 0 saturated carbocycles. The van der Waals surface area contributed by atoms with Crippen molar-refractivity contribution >= 4 is 39.8 Å². The molecule has 0 N–H and O–H groups in total. The Balaban J connectivity index is 2.04. The molecular formula is C11H17ClN2S2. The van der Waals surface area contributed by atoms with Crippen LogP contribution in [0.5, 0.6) is 0 Å². The lowest BCUT2D eigenvalue weighted by molar-refractivity contribution is 0.637. The van der Waals surface area contributed by atoms with Crippen molar-refractivity contribution in [1.29, 1.82) is 0 Å². The third-order valence-electron chi connectivity index (χ3n) is 2.78. The molecule has 2 nitrogen and oxygen atoms in total. The Morgan fingerprint density at radius 2 is 2.31 bits per heavy atom. The first-order valence-electron chi connectivity index (χ1n) is 5.50. The van der Waals surface area contributed by atoms with Gasteiger partial charge >= 0.3 is 0 Å². The van der Waals surface area contributed by atoms with Gasteiger partial charge in [-0.25, -0.2) is 4.98 Å². The fraction of sp³-hybridized carbons (Fsp3) is 0.727. The van der Waals surface area contributed by atoms with Crippen LogP contribution >= 0.6 is 34.7 Å². The molecule has 5 heteroatoms. The van der Waals surface area contributed by atoms with Crippen molar-refractivity contribution in [2.75, 3.05) is 23.7 Å². The highest BCUT2D eigenvalue weighted by Crippen LogP contribution is 2.33. The molecule has 0 unspecified atom stereocenters. The molecule has 0 aliphatic carbocycles. The molecule has 1 saturated heterocycles. The van der Waals surface area contributed by atoms with Crippen LogP contribution in [0.25, 0.3) is 0 Å². The monoisotopic (exact) mass is 276 g/mol. The minimum Gasteiger partial charge on any atom is -0.347 e. The Morgan fingerprint density at radius 1 is 1.50 bits per heavy atom. The molecule has 1 aromatic rings. The number of rotatable bonds is 2. The van der Waals surface area contributed by atoms with Crippen LogP contribution in [0.4, 0.5) is 5.13 Å². The van der Waals surface area contributed by atoms with Gasteiger partial charge in [-0.2, -0.15) is 11.8 Å². The summed E-state index contributed by atoms with van der Waals surface area (Å²) in [5.41, 5.74) is 0.998. The van der Waals surface area contributed by atoms with Gasteiger partial charge in [-0.15, -0.1) is 22.9 Å². The van der Waals surface area contributed by atoms with E-state index in [-0.39, 0.29) is 0 Å². The number of hydrogen-bond donors (Lipinski definition) is 0. The zero-order valence-electron chi connectivity index (χ0n) is 9.70. The molecule has 1 fully saturated rings. The summed E-state index contributed by atoms with van der Waals surface area (Å²) in [5.74, 6) is 1.70. The number of anilines is 1. The van der Waals surface area contributed by atoms with E-state index in [0.29, 0.717) is 10.6 Å². The smallest absolute Gasteiger partial charge is 0.185 e. The molecule has 16 heavy (non-hydrogen) atoms. The van der Waals surface area contributed by atoms with Crippen LogP contribution in [0.2, 0.25) is 0 Å². The zero-order valence-corrected chi connectivity index (χ0v) is 12.1. The summed E-state index contributed by atoms with van der Waals surface area (Å²) in [6, 6.07) is 0. The summed E-state index contributed by atoms with van der Waals surface area (Å²) in [7, 11) is 0. The maximum Gasteiger partial charge on any atom is 0.185 e. The molecule has 1 aliphatic heterocycles. The van der Waals surface area contributed by atoms with E-state index < -0.39 is 0 Å². The van der Waals surface area contributed by atoms with Gasteiger partial charge in [0.05, 0.1) is 11.6 Å². The molecule has 0 radical (unpaired) electrons. The van der Waals surface area contributed by atoms with Crippen LogP contribution in [0.3, 0.4) is 0 Å². The van der Waals surface area contributed by atoms with Gasteiger partial charge in [0.2, 0.25) is 0 Å². The second-order valence-electron chi connectivity index (χ2n) is 4.60. The normalized spacial score (nSPS) is 20.8. The largest absolute Gasteiger partial charge is 0.347 e. The summed E-state index contributed by atoms with van der Waals surface area (Å²) >= 11 is 9.55. The predicted octanol–water partition coefficient (Wildman–Crippen LogP) is 3.60. The van der Waals surface area contributed by atoms with Crippen molar-refractivity contribution in [1.82, 2.24) is 4.98 Å². The van der Waals surface area contributed by atoms with Gasteiger partial charge in [0.15, 0.2) is 5.13 Å². The lowest BCUT2D eigenvalue weighted by atomic mass is 10.1. The third kappa shape index (κ3) is 3.05. The second-order valence-corrected chi connectivity index (χ2v) is 7.51. The standard InChI is InChI=1S/C11H17ClN2S2/c1-11(2)3-4-14(5-6-16-11)10-13-9(7-12)8-15-10/h8H,3-7H2,1-2H3. The number of thiazole rings is 1. The molecule has 0 spiro atoms. The van der Waals surface area contributed by atoms with Gasteiger partial charge in [0.1, 0.15) is 0 Å². The average molecular weight is 277 g/mol. The van der Waals surface area contributed by atoms with Crippen LogP contribution in [0.15, 0.2) is 5.38 Å². The number of thioether (sulfide) groups is 1. The van der Waals surface area contributed by atoms with Crippen LogP contribution in [-0.4, -0.2) is 28.6 Å². The molecule has 2 heterocycles. The van der Waals surface area contributed by atoms with E-state index in [2.05, 4.69) is 40.9 Å². The maximum atomic E-state index is 5.78. The van der Waals surface area contributed by atoms with Gasteiger partial charge in [-0.1, -0.05) is 13.8 Å². The summed E-state index contributed by atoms with van der Waals surface area (Å²) in [5, 5.41) is 3.19. The Hall–Kier alpha value is 0.0700. The molecule has 0 aromatic carbocycles. The van der Waals surface area contributed by atoms with Crippen LogP contribution in [-0.2, 0) is 5.88 Å². The van der Waals surface area contributed by atoms with Crippen molar-refractivity contribution in [3.05, 3.63) is 11.1 Å². The summed E-state index contributed by atoms with van der Waals surface area (Å²) in [6.45, 7) is 6.86. The van der Waals surface area contributed by atoms with Crippen LogP contribution in [0, 0.1) is 0 Å². The van der Waals surface area contributed by atoms with Gasteiger partial charge in [-0.05, 0) is 6.42 Å². The first kappa shape index (κ1) is 12.5. The van der Waals surface area contributed by atoms with E-state index in [4.69, 9.17) is 11.6 Å². The van der Waals surface area contributed by atoms with E-state index in [1.807, 2.05) is 0 Å². The SMILES string of the molecule is CC1(C)CCN(c2nc(CCl)cs2)CCS1. The Labute approximate surface area is 110 Å². The average Bonchev–Trinajstić information content (AvgIpc) is 2.64. The Bertz CT molecular complexity index is 352. The molecular weight excluding hydrogens is 260 g/mol. The Kier molecular flexibility index (Phi) is 4.03. The molecule has 1 aromatic heterocycles. The maximum absolute atomic E-state index is 5.78. The minimum absolute atomic E-state index is 0.404. The van der Waals surface area contributed by atoms with E-state index in [1.165, 1.54) is 12.2 Å². The van der Waals surface area contributed by atoms with Crippen molar-refractivity contribution < 1.29 is 0 Å². The third-order valence-corrected chi connectivity index (χ3v) is 5.38. The van der Waals surface area contributed by atoms with Crippen LogP contribution in [0.1, 0.15) is 26.0 Å². The van der Waals surface area contributed by atoms with Crippen molar-refractivity contribution in [2.24, 2.45) is 0 Å². The van der Waals surface area contributed by atoms with Crippen molar-refractivity contribution in [2.45, 2.75) is 30.9 Å². The number of hydrogen-bond acceptors (Lipinski definition) is 4. The topological polar surface area (TPSA) is 16.1 Å². The summed E-state index contributed by atoms with van der Waals surface area (Å²) in [6.07, 6.45) is 1.22. The molecule has 90 valence electrons. The van der Waals surface area contributed by atoms with Gasteiger partial charge < -0.3 is 4.90 Å². The lowest BCUT2D eigenvalue weighted by Crippen LogP contribution is -2.26. The molecule has 2 rings (SSSR count). The second kappa shape index (κ2) is 5.15. The van der Waals surface area contributed by atoms with E-state index in [9.17, 15) is 0 Å². The fourth-order valence-corrected chi connectivity index (χ4v) is 3.92. The van der Waals surface area contributed by atoms with Crippen molar-refractivity contribution in [3.8, 4) is 0 Å². The van der Waals surface area contributed by atoms with E-state index in [0.717, 1.165) is 23.9 Å². The number of aromatic nitrogens is 1. The fourth-order valence-electron chi connectivity index (χ4n) is 1.71. The highest BCUT2D eigenvalue weighted by Gasteiger charge is 2.24. The van der Waals surface area contributed by atoms with E-state index >= 15 is 0 Å². The highest BCUT2D eigenvalue weighted by molar-refractivity contribution is 8.00. The molecule has 0 bridgehead atoms. The van der Waals surface area contributed by atoms with Gasteiger partial charge in [0.25, 0.3) is 0 Å². The number of nitrogens with zero attached hydrogens (tertiary/aromatic N) is 2. The predicted molar refractivity (Wildman–Crippen MR) is 75.0 cm³/mol. The molecule has 1 aliphatic rings. The molecule has 0 atom stereocenters. The summed E-state index contributed by atoms with van der Waals surface area (Å²) in [4.78, 5) is 6.94. The quantitative estimate of drug-likeness (QED) is 0.768. The summed E-state index contributed by atoms with van der Waals surface area (Å²) < 4.78 is 0.404. The first-order valence-corrected chi connectivity index (χ1v) is 7.90. The van der Waals surface area contributed by atoms with Crippen molar-refractivity contribution in [3.63, 3.8) is 0 Å². The van der Waals surface area contributed by atoms with Gasteiger partial charge in [-0.3, -0.25) is 0 Å².